The summed E-state index contributed by atoms with van der Waals surface area (Å²) < 4.78 is 0. The van der Waals surface area contributed by atoms with Gasteiger partial charge in [0.1, 0.15) is 5.84 Å². The summed E-state index contributed by atoms with van der Waals surface area (Å²) in [5.74, 6) is 3.42. The van der Waals surface area contributed by atoms with Gasteiger partial charge in [0.25, 0.3) is 0 Å². The van der Waals surface area contributed by atoms with Gasteiger partial charge in [-0.2, -0.15) is 11.8 Å². The average Bonchev–Trinajstić information content (AvgIpc) is 2.39. The van der Waals surface area contributed by atoms with Crippen molar-refractivity contribution in [1.29, 1.82) is 5.41 Å². The van der Waals surface area contributed by atoms with Gasteiger partial charge in [-0.1, -0.05) is 6.92 Å². The molecule has 4 heteroatoms. The summed E-state index contributed by atoms with van der Waals surface area (Å²) in [6, 6.07) is 0. The maximum Gasteiger partial charge on any atom is 0.110 e. The molecule has 2 aliphatic heterocycles. The van der Waals surface area contributed by atoms with Crippen LogP contribution in [0.25, 0.3) is 0 Å². The van der Waals surface area contributed by atoms with Gasteiger partial charge in [0.2, 0.25) is 0 Å². The molecule has 0 aromatic rings. The van der Waals surface area contributed by atoms with E-state index in [2.05, 4.69) is 23.6 Å². The first-order valence-corrected chi connectivity index (χ1v) is 8.49. The minimum Gasteiger partial charge on any atom is -0.360 e. The van der Waals surface area contributed by atoms with Crippen molar-refractivity contribution in [2.45, 2.75) is 43.1 Å². The quantitative estimate of drug-likeness (QED) is 0.609. The topological polar surface area (TPSA) is 27.1 Å². The molecule has 0 bridgehead atoms. The molecule has 0 amide bonds. The van der Waals surface area contributed by atoms with Gasteiger partial charge in [-0.05, 0) is 25.7 Å². The number of hydrogen-bond acceptors (Lipinski definition) is 3. The molecule has 2 aliphatic rings. The minimum atomic E-state index is 0.460. The van der Waals surface area contributed by atoms with Gasteiger partial charge < -0.3 is 4.90 Å². The van der Waals surface area contributed by atoms with Crippen molar-refractivity contribution in [1.82, 2.24) is 4.90 Å². The first-order valence-electron chi connectivity index (χ1n) is 6.39. The lowest BCUT2D eigenvalue weighted by Crippen LogP contribution is -2.45. The van der Waals surface area contributed by atoms with Crippen LogP contribution < -0.4 is 0 Å². The summed E-state index contributed by atoms with van der Waals surface area (Å²) in [7, 11) is 0. The van der Waals surface area contributed by atoms with Gasteiger partial charge >= 0.3 is 0 Å². The summed E-state index contributed by atoms with van der Waals surface area (Å²) in [5, 5.41) is 9.54. The lowest BCUT2D eigenvalue weighted by atomic mass is 10.1. The molecule has 0 aromatic heterocycles. The number of likely N-dealkylation sites (tertiary alicyclic amines) is 1. The van der Waals surface area contributed by atoms with Crippen LogP contribution in [0.1, 0.15) is 32.6 Å². The van der Waals surface area contributed by atoms with Crippen molar-refractivity contribution >= 4 is 29.4 Å². The molecule has 2 atom stereocenters. The van der Waals surface area contributed by atoms with E-state index >= 15 is 0 Å². The molecule has 2 rings (SSSR count). The normalized spacial score (nSPS) is 31.4. The van der Waals surface area contributed by atoms with Gasteiger partial charge in [0.05, 0.1) is 5.25 Å². The van der Waals surface area contributed by atoms with Crippen LogP contribution >= 0.6 is 23.5 Å². The molecule has 92 valence electrons. The third kappa shape index (κ3) is 2.89. The number of amidine groups is 1. The lowest BCUT2D eigenvalue weighted by Gasteiger charge is -2.37. The van der Waals surface area contributed by atoms with Crippen LogP contribution in [0.5, 0.6) is 0 Å². The number of thioether (sulfide) groups is 2. The van der Waals surface area contributed by atoms with Crippen molar-refractivity contribution in [3.63, 3.8) is 0 Å². The molecular weight excluding hydrogens is 236 g/mol. The number of hydrogen-bond donors (Lipinski definition) is 1. The minimum absolute atomic E-state index is 0.460. The monoisotopic (exact) mass is 258 g/mol. The van der Waals surface area contributed by atoms with Crippen LogP contribution in [0.2, 0.25) is 0 Å². The Labute approximate surface area is 107 Å². The highest BCUT2D eigenvalue weighted by molar-refractivity contribution is 8.07. The molecule has 2 fully saturated rings. The number of rotatable bonds is 2. The summed E-state index contributed by atoms with van der Waals surface area (Å²) >= 11 is 4.09. The van der Waals surface area contributed by atoms with Crippen molar-refractivity contribution < 1.29 is 0 Å². The Kier molecular flexibility index (Phi) is 4.89. The van der Waals surface area contributed by atoms with Crippen LogP contribution in [0.3, 0.4) is 0 Å². The van der Waals surface area contributed by atoms with Crippen LogP contribution in [0, 0.1) is 5.41 Å². The summed E-state index contributed by atoms with van der Waals surface area (Å²) in [6.45, 7) is 4.51. The molecule has 2 heterocycles. The third-order valence-corrected chi connectivity index (χ3v) is 6.67. The highest BCUT2D eigenvalue weighted by Crippen LogP contribution is 2.34. The molecule has 0 spiro atoms. The fraction of sp³-hybridized carbons (Fsp3) is 0.917. The van der Waals surface area contributed by atoms with Crippen molar-refractivity contribution in [2.24, 2.45) is 0 Å². The SMILES string of the molecule is CCC1SCCSC1C(=N)N1CCCCC1. The Balaban J connectivity index is 1.95. The predicted molar refractivity (Wildman–Crippen MR) is 75.9 cm³/mol. The van der Waals surface area contributed by atoms with E-state index in [-0.39, 0.29) is 0 Å². The van der Waals surface area contributed by atoms with Crippen molar-refractivity contribution in [3.05, 3.63) is 0 Å². The van der Waals surface area contributed by atoms with Crippen molar-refractivity contribution in [3.8, 4) is 0 Å². The Morgan fingerprint density at radius 3 is 2.56 bits per heavy atom. The van der Waals surface area contributed by atoms with Crippen LogP contribution in [-0.2, 0) is 0 Å². The van der Waals surface area contributed by atoms with E-state index in [0.29, 0.717) is 10.5 Å². The highest BCUT2D eigenvalue weighted by Gasteiger charge is 2.31. The maximum absolute atomic E-state index is 8.40. The molecule has 16 heavy (non-hydrogen) atoms. The fourth-order valence-electron chi connectivity index (χ4n) is 2.47. The maximum atomic E-state index is 8.40. The second-order valence-electron chi connectivity index (χ2n) is 4.54. The zero-order valence-corrected chi connectivity index (χ0v) is 11.7. The van der Waals surface area contributed by atoms with E-state index in [4.69, 9.17) is 5.41 Å². The van der Waals surface area contributed by atoms with Gasteiger partial charge in [0.15, 0.2) is 0 Å². The fourth-order valence-corrected chi connectivity index (χ4v) is 5.52. The van der Waals surface area contributed by atoms with E-state index in [1.54, 1.807) is 0 Å². The molecule has 2 nitrogen and oxygen atoms in total. The van der Waals surface area contributed by atoms with Crippen LogP contribution in [0.15, 0.2) is 0 Å². The number of nitrogens with one attached hydrogen (secondary N) is 1. The highest BCUT2D eigenvalue weighted by atomic mass is 32.2. The molecule has 2 unspecified atom stereocenters. The Hall–Kier alpha value is 0.170. The standard InChI is InChI=1S/C12H22N2S2/c1-2-10-11(16-9-8-15-10)12(13)14-6-4-3-5-7-14/h10-11,13H,2-9H2,1H3. The van der Waals surface area contributed by atoms with E-state index in [1.165, 1.54) is 37.2 Å². The first-order chi connectivity index (χ1) is 7.83. The van der Waals surface area contributed by atoms with Gasteiger partial charge in [-0.25, -0.2) is 0 Å². The lowest BCUT2D eigenvalue weighted by molar-refractivity contribution is 0.335. The largest absolute Gasteiger partial charge is 0.360 e. The Morgan fingerprint density at radius 1 is 1.19 bits per heavy atom. The molecule has 1 N–H and O–H groups in total. The zero-order chi connectivity index (χ0) is 11.4. The smallest absolute Gasteiger partial charge is 0.110 e. The average molecular weight is 258 g/mol. The van der Waals surface area contributed by atoms with E-state index in [9.17, 15) is 0 Å². The van der Waals surface area contributed by atoms with E-state index in [0.717, 1.165) is 18.9 Å². The molecule has 2 saturated heterocycles. The van der Waals surface area contributed by atoms with Crippen LogP contribution in [0.4, 0.5) is 0 Å². The number of nitrogens with zero attached hydrogens (tertiary/aromatic N) is 1. The zero-order valence-electron chi connectivity index (χ0n) is 10.1. The summed E-state index contributed by atoms with van der Waals surface area (Å²) in [5.41, 5.74) is 0. The van der Waals surface area contributed by atoms with Gasteiger partial charge in [-0.15, -0.1) is 11.8 Å². The first kappa shape index (κ1) is 12.6. The Morgan fingerprint density at radius 2 is 1.88 bits per heavy atom. The van der Waals surface area contributed by atoms with Crippen molar-refractivity contribution in [2.75, 3.05) is 24.6 Å². The summed E-state index contributed by atoms with van der Waals surface area (Å²) in [6.07, 6.45) is 5.12. The molecule has 0 aliphatic carbocycles. The predicted octanol–water partition coefficient (Wildman–Crippen LogP) is 3.08. The van der Waals surface area contributed by atoms with E-state index < -0.39 is 0 Å². The third-order valence-electron chi connectivity index (χ3n) is 3.42. The van der Waals surface area contributed by atoms with Crippen LogP contribution in [-0.4, -0.2) is 45.8 Å². The second kappa shape index (κ2) is 6.20. The van der Waals surface area contributed by atoms with Gasteiger partial charge in [-0.3, -0.25) is 5.41 Å². The molecule has 0 saturated carbocycles. The molecule has 0 aromatic carbocycles. The van der Waals surface area contributed by atoms with Gasteiger partial charge in [0, 0.05) is 29.8 Å². The molecular formula is C12H22N2S2. The molecule has 0 radical (unpaired) electrons. The van der Waals surface area contributed by atoms with E-state index in [1.807, 2.05) is 11.8 Å². The second-order valence-corrected chi connectivity index (χ2v) is 7.14. The number of piperidine rings is 1. The summed E-state index contributed by atoms with van der Waals surface area (Å²) in [4.78, 5) is 2.33. The Bertz CT molecular complexity index is 239.